The summed E-state index contributed by atoms with van der Waals surface area (Å²) in [6.07, 6.45) is 10.2. The van der Waals surface area contributed by atoms with E-state index in [-0.39, 0.29) is 30.0 Å². The highest BCUT2D eigenvalue weighted by Crippen LogP contribution is 2.38. The average molecular weight is 459 g/mol. The number of ether oxygens (including phenoxy) is 3. The minimum atomic E-state index is -1.83. The van der Waals surface area contributed by atoms with E-state index in [1.54, 1.807) is 7.11 Å². The fourth-order valence-corrected chi connectivity index (χ4v) is 4.15. The lowest BCUT2D eigenvalue weighted by Gasteiger charge is -2.40. The second kappa shape index (κ2) is 14.5. The molecule has 5 nitrogen and oxygen atoms in total. The molecule has 1 unspecified atom stereocenters. The van der Waals surface area contributed by atoms with E-state index in [2.05, 4.69) is 52.9 Å². The van der Waals surface area contributed by atoms with Gasteiger partial charge in [-0.2, -0.15) is 0 Å². The third-order valence-corrected chi connectivity index (χ3v) is 10.3. The van der Waals surface area contributed by atoms with Crippen LogP contribution in [-0.2, 0) is 23.4 Å². The molecular formula is C25H50O5Si. The van der Waals surface area contributed by atoms with Crippen LogP contribution >= 0.6 is 0 Å². The van der Waals surface area contributed by atoms with Crippen LogP contribution in [0.2, 0.25) is 18.1 Å². The Morgan fingerprint density at radius 3 is 2.23 bits per heavy atom. The van der Waals surface area contributed by atoms with Gasteiger partial charge < -0.3 is 18.6 Å². The molecule has 0 aliphatic carbocycles. The molecule has 0 saturated carbocycles. The molecule has 0 aromatic carbocycles. The molecule has 0 aliphatic rings. The summed E-state index contributed by atoms with van der Waals surface area (Å²) >= 11 is 0. The van der Waals surface area contributed by atoms with E-state index in [4.69, 9.17) is 18.6 Å². The second-order valence-corrected chi connectivity index (χ2v) is 15.7. The molecule has 0 fully saturated rings. The summed E-state index contributed by atoms with van der Waals surface area (Å²) in [5.74, 6) is -0.139. The van der Waals surface area contributed by atoms with Gasteiger partial charge in [0.05, 0.1) is 18.1 Å². The number of esters is 1. The van der Waals surface area contributed by atoms with Crippen molar-refractivity contribution in [1.82, 2.24) is 0 Å². The van der Waals surface area contributed by atoms with Crippen LogP contribution in [0.4, 0.5) is 0 Å². The molecule has 0 amide bonds. The van der Waals surface area contributed by atoms with Gasteiger partial charge in [-0.15, -0.1) is 0 Å². The SMILES string of the molecule is CCC[C@H](CC(/C=C/CCCCOC(=O)C(C)(C)C)OCOC)O[Si](C)(C)C(C)(C)C. The Morgan fingerprint density at radius 2 is 1.71 bits per heavy atom. The first-order valence-corrected chi connectivity index (χ1v) is 14.8. The van der Waals surface area contributed by atoms with Gasteiger partial charge in [-0.25, -0.2) is 0 Å². The van der Waals surface area contributed by atoms with Gasteiger partial charge in [0, 0.05) is 19.6 Å². The van der Waals surface area contributed by atoms with E-state index in [1.165, 1.54) is 0 Å². The Kier molecular flexibility index (Phi) is 14.1. The zero-order valence-electron chi connectivity index (χ0n) is 22.0. The molecular weight excluding hydrogens is 408 g/mol. The number of hydrogen-bond donors (Lipinski definition) is 0. The Balaban J connectivity index is 4.69. The van der Waals surface area contributed by atoms with Crippen LogP contribution in [0.25, 0.3) is 0 Å². The normalized spacial score (nSPS) is 15.3. The van der Waals surface area contributed by atoms with Gasteiger partial charge in [-0.1, -0.05) is 46.3 Å². The third-order valence-electron chi connectivity index (χ3n) is 5.73. The molecule has 0 bridgehead atoms. The highest BCUT2D eigenvalue weighted by Gasteiger charge is 2.39. The summed E-state index contributed by atoms with van der Waals surface area (Å²) in [4.78, 5) is 11.8. The van der Waals surface area contributed by atoms with Crippen molar-refractivity contribution in [1.29, 1.82) is 0 Å². The number of allylic oxidation sites excluding steroid dienone is 1. The molecule has 0 heterocycles. The number of rotatable bonds is 15. The topological polar surface area (TPSA) is 54.0 Å². The molecule has 184 valence electrons. The Bertz CT molecular complexity index is 517. The highest BCUT2D eigenvalue weighted by molar-refractivity contribution is 6.74. The third kappa shape index (κ3) is 13.5. The summed E-state index contributed by atoms with van der Waals surface area (Å²) in [5, 5.41) is 0.189. The van der Waals surface area contributed by atoms with E-state index in [0.717, 1.165) is 38.5 Å². The molecule has 0 saturated heterocycles. The average Bonchev–Trinajstić information content (AvgIpc) is 2.62. The van der Waals surface area contributed by atoms with Crippen LogP contribution in [-0.4, -0.2) is 47.0 Å². The molecule has 31 heavy (non-hydrogen) atoms. The van der Waals surface area contributed by atoms with E-state index < -0.39 is 13.7 Å². The smallest absolute Gasteiger partial charge is 0.311 e. The van der Waals surface area contributed by atoms with Crippen molar-refractivity contribution in [2.24, 2.45) is 5.41 Å². The van der Waals surface area contributed by atoms with Crippen molar-refractivity contribution in [2.75, 3.05) is 20.5 Å². The monoisotopic (exact) mass is 458 g/mol. The predicted molar refractivity (Wildman–Crippen MR) is 132 cm³/mol. The van der Waals surface area contributed by atoms with Crippen LogP contribution in [0.1, 0.15) is 87.0 Å². The quantitative estimate of drug-likeness (QED) is 0.0881. The number of methoxy groups -OCH3 is 1. The van der Waals surface area contributed by atoms with E-state index >= 15 is 0 Å². The maximum Gasteiger partial charge on any atom is 0.311 e. The van der Waals surface area contributed by atoms with E-state index in [1.807, 2.05) is 20.8 Å². The minimum absolute atomic E-state index is 0.0278. The van der Waals surface area contributed by atoms with Crippen molar-refractivity contribution in [3.05, 3.63) is 12.2 Å². The van der Waals surface area contributed by atoms with Crippen molar-refractivity contribution < 1.29 is 23.4 Å². The van der Waals surface area contributed by atoms with Crippen LogP contribution in [0.15, 0.2) is 12.2 Å². The van der Waals surface area contributed by atoms with Crippen LogP contribution in [0, 0.1) is 5.41 Å². The fourth-order valence-electron chi connectivity index (χ4n) is 2.75. The number of hydrogen-bond acceptors (Lipinski definition) is 5. The van der Waals surface area contributed by atoms with Crippen LogP contribution in [0.5, 0.6) is 0 Å². The molecule has 0 rings (SSSR count). The molecule has 6 heteroatoms. The van der Waals surface area contributed by atoms with Crippen molar-refractivity contribution in [3.63, 3.8) is 0 Å². The van der Waals surface area contributed by atoms with Gasteiger partial charge in [-0.05, 0) is 64.6 Å². The molecule has 0 radical (unpaired) electrons. The molecule has 2 atom stereocenters. The van der Waals surface area contributed by atoms with Gasteiger partial charge >= 0.3 is 5.97 Å². The first-order valence-electron chi connectivity index (χ1n) is 11.9. The maximum atomic E-state index is 11.8. The Morgan fingerprint density at radius 1 is 1.06 bits per heavy atom. The van der Waals surface area contributed by atoms with Gasteiger partial charge in [0.1, 0.15) is 6.79 Å². The van der Waals surface area contributed by atoms with E-state index in [9.17, 15) is 4.79 Å². The summed E-state index contributed by atoms with van der Waals surface area (Å²) in [5.41, 5.74) is -0.437. The lowest BCUT2D eigenvalue weighted by molar-refractivity contribution is -0.153. The first kappa shape index (κ1) is 30.3. The number of unbranched alkanes of at least 4 members (excludes halogenated alkanes) is 2. The zero-order chi connectivity index (χ0) is 24.1. The molecule has 0 aliphatic heterocycles. The molecule has 0 aromatic rings. The summed E-state index contributed by atoms with van der Waals surface area (Å²) in [6, 6.07) is 0. The second-order valence-electron chi connectivity index (χ2n) is 10.9. The predicted octanol–water partition coefficient (Wildman–Crippen LogP) is 6.87. The standard InChI is InChI=1S/C25H50O5Si/c1-11-16-22(30-31(9,10)25(5,6)7)19-21(29-20-27-8)17-14-12-13-15-18-28-23(26)24(2,3)4/h14,17,21-22H,11-13,15-16,18-20H2,1-10H3/b17-14+/t21?,22-/m1/s1. The van der Waals surface area contributed by atoms with E-state index in [0.29, 0.717) is 6.61 Å². The zero-order valence-corrected chi connectivity index (χ0v) is 23.0. The maximum absolute atomic E-state index is 11.8. The van der Waals surface area contributed by atoms with Crippen molar-refractivity contribution >= 4 is 14.3 Å². The van der Waals surface area contributed by atoms with Gasteiger partial charge in [0.15, 0.2) is 8.32 Å². The lowest BCUT2D eigenvalue weighted by Crippen LogP contribution is -2.44. The van der Waals surface area contributed by atoms with Gasteiger partial charge in [0.2, 0.25) is 0 Å². The first-order chi connectivity index (χ1) is 14.2. The van der Waals surface area contributed by atoms with Gasteiger partial charge in [-0.3, -0.25) is 4.79 Å². The minimum Gasteiger partial charge on any atom is -0.465 e. The largest absolute Gasteiger partial charge is 0.465 e. The summed E-state index contributed by atoms with van der Waals surface area (Å²) < 4.78 is 23.1. The molecule has 0 spiro atoms. The lowest BCUT2D eigenvalue weighted by atomic mass is 9.97. The highest BCUT2D eigenvalue weighted by atomic mass is 28.4. The number of carbonyl (C=O) groups is 1. The number of carbonyl (C=O) groups excluding carboxylic acids is 1. The Hall–Kier alpha value is -0.693. The van der Waals surface area contributed by atoms with Crippen LogP contribution in [0.3, 0.4) is 0 Å². The molecule has 0 aromatic heterocycles. The van der Waals surface area contributed by atoms with Crippen molar-refractivity contribution in [2.45, 2.75) is 117 Å². The van der Waals surface area contributed by atoms with Crippen LogP contribution < -0.4 is 0 Å². The fraction of sp³-hybridized carbons (Fsp3) is 0.880. The summed E-state index contributed by atoms with van der Waals surface area (Å²) in [6.45, 7) is 20.0. The molecule has 0 N–H and O–H groups in total. The Labute approximate surface area is 193 Å². The van der Waals surface area contributed by atoms with Crippen molar-refractivity contribution in [3.8, 4) is 0 Å². The van der Waals surface area contributed by atoms with Gasteiger partial charge in [0.25, 0.3) is 0 Å². The summed E-state index contributed by atoms with van der Waals surface area (Å²) in [7, 11) is -0.184.